The van der Waals surface area contributed by atoms with Crippen LogP contribution in [0.1, 0.15) is 29.7 Å². The Morgan fingerprint density at radius 2 is 1.56 bits per heavy atom. The number of nitrogens with one attached hydrogen (secondary N) is 1. The number of amides is 1. The van der Waals surface area contributed by atoms with Crippen LogP contribution >= 0.6 is 0 Å². The van der Waals surface area contributed by atoms with Gasteiger partial charge in [-0.3, -0.25) is 14.5 Å². The first kappa shape index (κ1) is 31.5. The van der Waals surface area contributed by atoms with Gasteiger partial charge in [0.05, 0.1) is 13.7 Å². The molecule has 0 bridgehead atoms. The Bertz CT molecular complexity index is 1320. The normalized spacial score (nSPS) is 14.3. The molecule has 226 valence electrons. The highest BCUT2D eigenvalue weighted by atomic mass is 16.7. The lowest BCUT2D eigenvalue weighted by Crippen LogP contribution is -2.48. The van der Waals surface area contributed by atoms with Crippen LogP contribution in [-0.2, 0) is 14.4 Å². The summed E-state index contributed by atoms with van der Waals surface area (Å²) in [4.78, 5) is 32.7. The van der Waals surface area contributed by atoms with Crippen LogP contribution < -0.4 is 14.8 Å². The molecule has 0 aromatic heterocycles. The third kappa shape index (κ3) is 10.1. The van der Waals surface area contributed by atoms with E-state index in [0.717, 1.165) is 49.4 Å². The third-order valence-corrected chi connectivity index (χ3v) is 6.81. The van der Waals surface area contributed by atoms with Crippen LogP contribution in [0.4, 0.5) is 4.79 Å². The van der Waals surface area contributed by atoms with Gasteiger partial charge in [0.15, 0.2) is 11.5 Å². The summed E-state index contributed by atoms with van der Waals surface area (Å²) in [6.45, 7) is 6.54. The average Bonchev–Trinajstić information content (AvgIpc) is 3.04. The largest absolute Gasteiger partial charge is 0.513 e. The minimum Gasteiger partial charge on any atom is -0.493 e. The summed E-state index contributed by atoms with van der Waals surface area (Å²) in [5.74, 6) is 0.512. The Kier molecular flexibility index (Phi) is 12.4. The predicted octanol–water partition coefficient (Wildman–Crippen LogP) is 5.25. The van der Waals surface area contributed by atoms with E-state index >= 15 is 0 Å². The van der Waals surface area contributed by atoms with Gasteiger partial charge in [-0.05, 0) is 35.7 Å². The second-order valence-electron chi connectivity index (χ2n) is 9.78. The molecule has 0 unspecified atom stereocenters. The molecule has 0 radical (unpaired) electrons. The van der Waals surface area contributed by atoms with Crippen molar-refractivity contribution < 1.29 is 28.6 Å². The van der Waals surface area contributed by atoms with Gasteiger partial charge in [0, 0.05) is 45.3 Å². The number of carbonyl (C=O) groups is 2. The summed E-state index contributed by atoms with van der Waals surface area (Å²) in [6, 6.07) is 25.7. The minimum atomic E-state index is -0.787. The first-order chi connectivity index (χ1) is 21.1. The number of nitrogens with zero attached hydrogens (tertiary/aromatic N) is 2. The fourth-order valence-corrected chi connectivity index (χ4v) is 4.59. The highest BCUT2D eigenvalue weighted by molar-refractivity contribution is 5.87. The fraction of sp³-hybridized carbons (Fsp3) is 0.294. The number of benzene rings is 3. The van der Waals surface area contributed by atoms with Crippen LogP contribution in [0, 0.1) is 0 Å². The predicted molar refractivity (Wildman–Crippen MR) is 166 cm³/mol. The molecule has 9 nitrogen and oxygen atoms in total. The molecule has 1 heterocycles. The zero-order valence-corrected chi connectivity index (χ0v) is 24.7. The van der Waals surface area contributed by atoms with Gasteiger partial charge in [-0.25, -0.2) is 4.79 Å². The van der Waals surface area contributed by atoms with Crippen LogP contribution in [-0.4, -0.2) is 75.0 Å². The number of hydroxylamine groups is 2. The van der Waals surface area contributed by atoms with E-state index in [0.29, 0.717) is 12.3 Å². The van der Waals surface area contributed by atoms with Crippen LogP contribution in [0.15, 0.2) is 97.1 Å². The van der Waals surface area contributed by atoms with Gasteiger partial charge >= 0.3 is 6.16 Å². The van der Waals surface area contributed by atoms with Gasteiger partial charge in [-0.1, -0.05) is 85.0 Å². The molecule has 3 aromatic carbocycles. The number of hydrogen-bond donors (Lipinski definition) is 1. The summed E-state index contributed by atoms with van der Waals surface area (Å²) < 4.78 is 15.2. The number of methoxy groups -OCH3 is 1. The van der Waals surface area contributed by atoms with E-state index in [1.165, 1.54) is 13.2 Å². The molecule has 0 atom stereocenters. The summed E-state index contributed by atoms with van der Waals surface area (Å²) in [7, 11) is 1.49. The molecule has 4 rings (SSSR count). The molecule has 0 spiro atoms. The van der Waals surface area contributed by atoms with Gasteiger partial charge in [0.2, 0.25) is 5.91 Å². The van der Waals surface area contributed by atoms with Crippen molar-refractivity contribution in [1.29, 1.82) is 0 Å². The monoisotopic (exact) mass is 585 g/mol. The number of ether oxygens (including phenoxy) is 3. The number of piperazine rings is 1. The van der Waals surface area contributed by atoms with E-state index in [1.807, 2.05) is 47.5 Å². The van der Waals surface area contributed by atoms with Gasteiger partial charge in [0.25, 0.3) is 0 Å². The lowest BCUT2D eigenvalue weighted by molar-refractivity contribution is -0.203. The number of hydrogen-bond acceptors (Lipinski definition) is 8. The Morgan fingerprint density at radius 1 is 0.884 bits per heavy atom. The van der Waals surface area contributed by atoms with Gasteiger partial charge in [0.1, 0.15) is 6.10 Å². The highest BCUT2D eigenvalue weighted by Crippen LogP contribution is 2.29. The molecule has 1 aliphatic heterocycles. The van der Waals surface area contributed by atoms with E-state index in [9.17, 15) is 9.59 Å². The first-order valence-electron chi connectivity index (χ1n) is 14.4. The molecule has 1 aliphatic rings. The minimum absolute atomic E-state index is 0.152. The van der Waals surface area contributed by atoms with Gasteiger partial charge in [-0.15, -0.1) is 0 Å². The van der Waals surface area contributed by atoms with Crippen molar-refractivity contribution in [2.45, 2.75) is 13.0 Å². The fourth-order valence-electron chi connectivity index (χ4n) is 4.59. The highest BCUT2D eigenvalue weighted by Gasteiger charge is 2.23. The van der Waals surface area contributed by atoms with E-state index in [-0.39, 0.29) is 24.4 Å². The molecule has 9 heteroatoms. The van der Waals surface area contributed by atoms with Crippen molar-refractivity contribution in [3.05, 3.63) is 114 Å². The zero-order valence-electron chi connectivity index (χ0n) is 24.7. The van der Waals surface area contributed by atoms with Crippen molar-refractivity contribution in [3.63, 3.8) is 0 Å². The smallest absolute Gasteiger partial charge is 0.493 e. The van der Waals surface area contributed by atoms with E-state index in [2.05, 4.69) is 34.5 Å². The number of carbonyl (C=O) groups excluding carboxylic acids is 2. The zero-order chi connectivity index (χ0) is 30.3. The lowest BCUT2D eigenvalue weighted by Gasteiger charge is -2.36. The number of rotatable bonds is 13. The SMILES string of the molecule is CCOC(=O)Oc1ccc(/C=C/C=C/C(=O)NCCN2CCN(OC(c3ccccc3)c3ccccc3)CC2)cc1OC. The molecular formula is C34H39N3O6. The maximum Gasteiger partial charge on any atom is 0.513 e. The van der Waals surface area contributed by atoms with Crippen molar-refractivity contribution in [2.75, 3.05) is 53.0 Å². The first-order valence-corrected chi connectivity index (χ1v) is 14.4. The van der Waals surface area contributed by atoms with E-state index < -0.39 is 6.16 Å². The Labute approximate surface area is 253 Å². The summed E-state index contributed by atoms with van der Waals surface area (Å²) in [5.41, 5.74) is 3.07. The molecule has 3 aromatic rings. The van der Waals surface area contributed by atoms with Crippen LogP contribution in [0.25, 0.3) is 6.08 Å². The molecule has 1 fully saturated rings. The molecule has 1 amide bonds. The molecule has 0 aliphatic carbocycles. The van der Waals surface area contributed by atoms with Crippen LogP contribution in [0.3, 0.4) is 0 Å². The standard InChI is InChI=1S/C34H39N3O6/c1-3-41-34(39)42-30-19-18-27(26-31(30)40-2)12-10-11-17-32(38)35-20-21-36-22-24-37(25-23-36)43-33(28-13-6-4-7-14-28)29-15-8-5-9-16-29/h4-19,26,33H,3,20-25H2,1-2H3,(H,35,38)/b12-10+,17-11+. The van der Waals surface area contributed by atoms with E-state index in [1.54, 1.807) is 37.3 Å². The quantitative estimate of drug-likeness (QED) is 0.126. The van der Waals surface area contributed by atoms with Crippen molar-refractivity contribution in [1.82, 2.24) is 15.3 Å². The van der Waals surface area contributed by atoms with Gasteiger partial charge < -0.3 is 19.5 Å². The van der Waals surface area contributed by atoms with Crippen molar-refractivity contribution in [2.24, 2.45) is 0 Å². The van der Waals surface area contributed by atoms with Crippen molar-refractivity contribution >= 4 is 18.1 Å². The third-order valence-electron chi connectivity index (χ3n) is 6.81. The number of allylic oxidation sites excluding steroid dienone is 2. The average molecular weight is 586 g/mol. The van der Waals surface area contributed by atoms with Gasteiger partial charge in [-0.2, -0.15) is 5.06 Å². The summed E-state index contributed by atoms with van der Waals surface area (Å²) in [6.07, 6.45) is 5.81. The molecule has 1 saturated heterocycles. The Balaban J connectivity index is 1.17. The Hall–Kier alpha value is -4.44. The maximum atomic E-state index is 12.3. The van der Waals surface area contributed by atoms with Crippen LogP contribution in [0.2, 0.25) is 0 Å². The topological polar surface area (TPSA) is 89.6 Å². The molecule has 0 saturated carbocycles. The maximum absolute atomic E-state index is 12.3. The molecule has 43 heavy (non-hydrogen) atoms. The van der Waals surface area contributed by atoms with Crippen LogP contribution in [0.5, 0.6) is 11.5 Å². The van der Waals surface area contributed by atoms with E-state index in [4.69, 9.17) is 19.0 Å². The molecular weight excluding hydrogens is 546 g/mol. The lowest BCUT2D eigenvalue weighted by atomic mass is 10.0. The second kappa shape index (κ2) is 16.9. The summed E-state index contributed by atoms with van der Waals surface area (Å²) >= 11 is 0. The summed E-state index contributed by atoms with van der Waals surface area (Å²) in [5, 5.41) is 4.99. The van der Waals surface area contributed by atoms with Crippen molar-refractivity contribution in [3.8, 4) is 11.5 Å². The second-order valence-corrected chi connectivity index (χ2v) is 9.78. The Morgan fingerprint density at radius 3 is 2.19 bits per heavy atom. The molecule has 1 N–H and O–H groups in total.